The van der Waals surface area contributed by atoms with Crippen molar-refractivity contribution in [3.8, 4) is 0 Å². The highest BCUT2D eigenvalue weighted by molar-refractivity contribution is 7.91. The summed E-state index contributed by atoms with van der Waals surface area (Å²) < 4.78 is 26.9. The lowest BCUT2D eigenvalue weighted by atomic mass is 10.3. The molecule has 0 bridgehead atoms. The Labute approximate surface area is 113 Å². The SMILES string of the molecule is CC(C)NS(=O)(=O)c1ccc(CCNC2CC2)s1. The van der Waals surface area contributed by atoms with Crippen molar-refractivity contribution in [1.29, 1.82) is 0 Å². The lowest BCUT2D eigenvalue weighted by Crippen LogP contribution is -2.29. The summed E-state index contributed by atoms with van der Waals surface area (Å²) in [4.78, 5) is 1.12. The van der Waals surface area contributed by atoms with Crippen molar-refractivity contribution in [1.82, 2.24) is 10.0 Å². The molecule has 1 aliphatic rings. The Kier molecular flexibility index (Phi) is 4.42. The van der Waals surface area contributed by atoms with Gasteiger partial charge in [0, 0.05) is 23.5 Å². The number of sulfonamides is 1. The topological polar surface area (TPSA) is 58.2 Å². The zero-order chi connectivity index (χ0) is 13.2. The molecule has 1 aliphatic carbocycles. The van der Waals surface area contributed by atoms with Gasteiger partial charge in [-0.25, -0.2) is 13.1 Å². The van der Waals surface area contributed by atoms with Crippen LogP contribution in [-0.2, 0) is 16.4 Å². The Bertz CT molecular complexity index is 490. The Balaban J connectivity index is 1.91. The summed E-state index contributed by atoms with van der Waals surface area (Å²) in [5.74, 6) is 0. The average molecular weight is 288 g/mol. The van der Waals surface area contributed by atoms with Crippen molar-refractivity contribution < 1.29 is 8.42 Å². The van der Waals surface area contributed by atoms with Crippen LogP contribution in [0.3, 0.4) is 0 Å². The van der Waals surface area contributed by atoms with Gasteiger partial charge in [-0.3, -0.25) is 0 Å². The van der Waals surface area contributed by atoms with Crippen molar-refractivity contribution in [3.05, 3.63) is 17.0 Å². The average Bonchev–Trinajstić information content (AvgIpc) is 2.92. The summed E-state index contributed by atoms with van der Waals surface area (Å²) in [5, 5.41) is 3.43. The van der Waals surface area contributed by atoms with E-state index in [-0.39, 0.29) is 6.04 Å². The molecule has 0 radical (unpaired) electrons. The van der Waals surface area contributed by atoms with Gasteiger partial charge in [-0.1, -0.05) is 0 Å². The van der Waals surface area contributed by atoms with Crippen molar-refractivity contribution in [2.24, 2.45) is 0 Å². The van der Waals surface area contributed by atoms with Gasteiger partial charge in [-0.05, 0) is 45.2 Å². The van der Waals surface area contributed by atoms with Gasteiger partial charge in [-0.2, -0.15) is 0 Å². The number of thiophene rings is 1. The summed E-state index contributed by atoms with van der Waals surface area (Å²) in [6.07, 6.45) is 3.46. The molecular weight excluding hydrogens is 268 g/mol. The number of hydrogen-bond donors (Lipinski definition) is 2. The third-order valence-corrected chi connectivity index (χ3v) is 5.97. The van der Waals surface area contributed by atoms with Crippen LogP contribution in [0.1, 0.15) is 31.6 Å². The molecule has 0 saturated heterocycles. The minimum atomic E-state index is -3.32. The van der Waals surface area contributed by atoms with Gasteiger partial charge in [0.15, 0.2) is 0 Å². The second kappa shape index (κ2) is 5.69. The van der Waals surface area contributed by atoms with Crippen molar-refractivity contribution in [2.45, 2.75) is 49.4 Å². The molecule has 4 nitrogen and oxygen atoms in total. The molecular formula is C12H20N2O2S2. The molecule has 102 valence electrons. The van der Waals surface area contributed by atoms with E-state index in [9.17, 15) is 8.42 Å². The van der Waals surface area contributed by atoms with E-state index in [1.807, 2.05) is 19.9 Å². The first-order valence-electron chi connectivity index (χ1n) is 6.32. The summed E-state index contributed by atoms with van der Waals surface area (Å²) in [7, 11) is -3.32. The van der Waals surface area contributed by atoms with Crippen LogP contribution in [0.2, 0.25) is 0 Å². The highest BCUT2D eigenvalue weighted by Crippen LogP contribution is 2.23. The van der Waals surface area contributed by atoms with Crippen LogP contribution in [-0.4, -0.2) is 27.0 Å². The Morgan fingerprint density at radius 1 is 1.39 bits per heavy atom. The second-order valence-electron chi connectivity index (χ2n) is 4.98. The molecule has 2 N–H and O–H groups in total. The Morgan fingerprint density at radius 2 is 2.11 bits per heavy atom. The summed E-state index contributed by atoms with van der Waals surface area (Å²) in [6.45, 7) is 4.58. The number of hydrogen-bond acceptors (Lipinski definition) is 4. The molecule has 1 fully saturated rings. The first-order chi connectivity index (χ1) is 8.47. The van der Waals surface area contributed by atoms with E-state index in [2.05, 4.69) is 10.0 Å². The maximum atomic E-state index is 11.9. The first kappa shape index (κ1) is 14.0. The lowest BCUT2D eigenvalue weighted by Gasteiger charge is -2.07. The lowest BCUT2D eigenvalue weighted by molar-refractivity contribution is 0.572. The predicted molar refractivity (Wildman–Crippen MR) is 74.5 cm³/mol. The van der Waals surface area contributed by atoms with E-state index in [0.29, 0.717) is 10.3 Å². The zero-order valence-electron chi connectivity index (χ0n) is 10.8. The summed E-state index contributed by atoms with van der Waals surface area (Å²) in [5.41, 5.74) is 0. The highest BCUT2D eigenvalue weighted by Gasteiger charge is 2.20. The van der Waals surface area contributed by atoms with E-state index in [1.54, 1.807) is 6.07 Å². The van der Waals surface area contributed by atoms with Crippen molar-refractivity contribution >= 4 is 21.4 Å². The van der Waals surface area contributed by atoms with Crippen LogP contribution in [0.4, 0.5) is 0 Å². The van der Waals surface area contributed by atoms with Gasteiger partial charge in [-0.15, -0.1) is 11.3 Å². The second-order valence-corrected chi connectivity index (χ2v) is 8.08. The van der Waals surface area contributed by atoms with Gasteiger partial charge in [0.05, 0.1) is 0 Å². The smallest absolute Gasteiger partial charge is 0.250 e. The minimum absolute atomic E-state index is 0.0721. The fraction of sp³-hybridized carbons (Fsp3) is 0.667. The Hall–Kier alpha value is -0.430. The molecule has 0 amide bonds. The van der Waals surface area contributed by atoms with Gasteiger partial charge >= 0.3 is 0 Å². The molecule has 6 heteroatoms. The van der Waals surface area contributed by atoms with Crippen LogP contribution in [0.5, 0.6) is 0 Å². The van der Waals surface area contributed by atoms with Crippen LogP contribution >= 0.6 is 11.3 Å². The normalized spacial score (nSPS) is 16.4. The van der Waals surface area contributed by atoms with E-state index in [1.165, 1.54) is 24.2 Å². The zero-order valence-corrected chi connectivity index (χ0v) is 12.4. The van der Waals surface area contributed by atoms with E-state index < -0.39 is 10.0 Å². The molecule has 0 aliphatic heterocycles. The minimum Gasteiger partial charge on any atom is -0.314 e. The van der Waals surface area contributed by atoms with E-state index >= 15 is 0 Å². The number of rotatable bonds is 7. The van der Waals surface area contributed by atoms with Crippen LogP contribution < -0.4 is 10.0 Å². The van der Waals surface area contributed by atoms with Crippen LogP contribution in [0.15, 0.2) is 16.3 Å². The highest BCUT2D eigenvalue weighted by atomic mass is 32.2. The molecule has 0 atom stereocenters. The van der Waals surface area contributed by atoms with Gasteiger partial charge in [0.1, 0.15) is 4.21 Å². The fourth-order valence-electron chi connectivity index (χ4n) is 1.69. The van der Waals surface area contributed by atoms with Crippen LogP contribution in [0.25, 0.3) is 0 Å². The Morgan fingerprint density at radius 3 is 2.72 bits per heavy atom. The molecule has 0 unspecified atom stereocenters. The third-order valence-electron chi connectivity index (χ3n) is 2.67. The van der Waals surface area contributed by atoms with Crippen LogP contribution in [0, 0.1) is 0 Å². The van der Waals surface area contributed by atoms with Gasteiger partial charge in [0.2, 0.25) is 10.0 Å². The first-order valence-corrected chi connectivity index (χ1v) is 8.62. The third kappa shape index (κ3) is 4.05. The molecule has 0 aromatic carbocycles. The van der Waals surface area contributed by atoms with Crippen molar-refractivity contribution in [2.75, 3.05) is 6.54 Å². The molecule has 1 saturated carbocycles. The number of nitrogens with one attached hydrogen (secondary N) is 2. The quantitative estimate of drug-likeness (QED) is 0.803. The standard InChI is InChI=1S/C12H20N2O2S2/c1-9(2)14-18(15,16)12-6-5-11(17-12)7-8-13-10-3-4-10/h5-6,9-10,13-14H,3-4,7-8H2,1-2H3. The van der Waals surface area contributed by atoms with Gasteiger partial charge < -0.3 is 5.32 Å². The maximum absolute atomic E-state index is 11.9. The maximum Gasteiger partial charge on any atom is 0.250 e. The fourth-order valence-corrected chi connectivity index (χ4v) is 4.32. The summed E-state index contributed by atoms with van der Waals surface area (Å²) >= 11 is 1.36. The molecule has 1 aromatic heterocycles. The summed E-state index contributed by atoms with van der Waals surface area (Å²) in [6, 6.07) is 4.24. The molecule has 1 heterocycles. The van der Waals surface area contributed by atoms with Crippen molar-refractivity contribution in [3.63, 3.8) is 0 Å². The molecule has 1 aromatic rings. The van der Waals surface area contributed by atoms with E-state index in [4.69, 9.17) is 0 Å². The molecule has 0 spiro atoms. The molecule has 18 heavy (non-hydrogen) atoms. The molecule has 2 rings (SSSR count). The van der Waals surface area contributed by atoms with E-state index in [0.717, 1.165) is 17.8 Å². The monoisotopic (exact) mass is 288 g/mol. The van der Waals surface area contributed by atoms with Gasteiger partial charge in [0.25, 0.3) is 0 Å². The largest absolute Gasteiger partial charge is 0.314 e. The predicted octanol–water partition coefficient (Wildman–Crippen LogP) is 1.73.